The number of carbonyl (C=O) groups is 2. The summed E-state index contributed by atoms with van der Waals surface area (Å²) in [7, 11) is 0. The zero-order valence-electron chi connectivity index (χ0n) is 15.6. The van der Waals surface area contributed by atoms with Crippen molar-refractivity contribution in [1.29, 1.82) is 0 Å². The van der Waals surface area contributed by atoms with Gasteiger partial charge in [-0.15, -0.1) is 0 Å². The van der Waals surface area contributed by atoms with E-state index in [1.807, 2.05) is 0 Å². The quantitative estimate of drug-likeness (QED) is 0.448. The number of amides is 2. The monoisotopic (exact) mass is 463 g/mol. The van der Waals surface area contributed by atoms with Gasteiger partial charge in [-0.1, -0.05) is 26.0 Å². The van der Waals surface area contributed by atoms with E-state index < -0.39 is 0 Å². The fourth-order valence-corrected chi connectivity index (χ4v) is 2.76. The first kappa shape index (κ1) is 21.8. The molecule has 0 aliphatic heterocycles. The Balaban J connectivity index is 1.81. The minimum Gasteiger partial charge on any atom is -0.494 e. The third-order valence-electron chi connectivity index (χ3n) is 3.72. The Morgan fingerprint density at radius 2 is 1.71 bits per heavy atom. The largest absolute Gasteiger partial charge is 0.494 e. The average molecular weight is 464 g/mol. The summed E-state index contributed by atoms with van der Waals surface area (Å²) in [6, 6.07) is 13.7. The van der Waals surface area contributed by atoms with E-state index in [9.17, 15) is 9.59 Å². The number of hydrogen-bond donors (Lipinski definition) is 3. The maximum Gasteiger partial charge on any atom is 0.270 e. The molecule has 0 saturated carbocycles. The Morgan fingerprint density at radius 1 is 1.04 bits per heavy atom. The van der Waals surface area contributed by atoms with Crippen LogP contribution in [0.15, 0.2) is 53.0 Å². The number of benzene rings is 2. The molecule has 2 amide bonds. The van der Waals surface area contributed by atoms with Crippen molar-refractivity contribution in [1.82, 2.24) is 16.2 Å². The summed E-state index contributed by atoms with van der Waals surface area (Å²) in [4.78, 5) is 24.3. The van der Waals surface area contributed by atoms with Gasteiger partial charge in [0.25, 0.3) is 11.8 Å². The van der Waals surface area contributed by atoms with Gasteiger partial charge in [-0.3, -0.25) is 25.8 Å². The number of thiocarbonyl (C=S) groups is 1. The zero-order valence-corrected chi connectivity index (χ0v) is 18.0. The fourth-order valence-electron chi connectivity index (χ4n) is 2.15. The van der Waals surface area contributed by atoms with Gasteiger partial charge in [-0.25, -0.2) is 0 Å². The molecule has 0 atom stereocenters. The lowest BCUT2D eigenvalue weighted by atomic mass is 10.1. The summed E-state index contributed by atoms with van der Waals surface area (Å²) in [6.07, 6.45) is 0.966. The van der Waals surface area contributed by atoms with Gasteiger partial charge in [-0.2, -0.15) is 0 Å². The summed E-state index contributed by atoms with van der Waals surface area (Å²) in [5, 5.41) is 2.50. The molecule has 0 bridgehead atoms. The fraction of sp³-hybridized carbons (Fsp3) is 0.250. The highest BCUT2D eigenvalue weighted by Crippen LogP contribution is 2.15. The summed E-state index contributed by atoms with van der Waals surface area (Å²) in [5.41, 5.74) is 5.83. The molecule has 0 spiro atoms. The molecule has 3 N–H and O–H groups in total. The second kappa shape index (κ2) is 10.8. The first-order chi connectivity index (χ1) is 13.4. The topological polar surface area (TPSA) is 79.5 Å². The lowest BCUT2D eigenvalue weighted by Crippen LogP contribution is -2.48. The van der Waals surface area contributed by atoms with Crippen LogP contribution in [0.2, 0.25) is 0 Å². The molecule has 2 aromatic carbocycles. The van der Waals surface area contributed by atoms with Gasteiger partial charge in [0.2, 0.25) is 0 Å². The molecule has 2 rings (SSSR count). The molecule has 0 saturated heterocycles. The minimum absolute atomic E-state index is 0.0114. The van der Waals surface area contributed by atoms with Crippen LogP contribution >= 0.6 is 28.1 Å². The summed E-state index contributed by atoms with van der Waals surface area (Å²) in [6.45, 7) is 4.90. The maximum absolute atomic E-state index is 12.2. The van der Waals surface area contributed by atoms with Gasteiger partial charge in [0.15, 0.2) is 5.11 Å². The second-order valence-corrected chi connectivity index (χ2v) is 7.66. The molecule has 0 aromatic heterocycles. The van der Waals surface area contributed by atoms with E-state index in [-0.39, 0.29) is 16.9 Å². The number of hydrogen-bond acceptors (Lipinski definition) is 4. The Kier molecular flexibility index (Phi) is 8.41. The number of nitrogens with one attached hydrogen (secondary N) is 3. The molecule has 28 heavy (non-hydrogen) atoms. The highest BCUT2D eigenvalue weighted by molar-refractivity contribution is 9.10. The van der Waals surface area contributed by atoms with E-state index in [1.165, 1.54) is 0 Å². The number of ether oxygens (including phenoxy) is 1. The van der Waals surface area contributed by atoms with Gasteiger partial charge in [0, 0.05) is 10.0 Å². The van der Waals surface area contributed by atoms with Crippen LogP contribution in [-0.2, 0) is 0 Å². The molecule has 6 nitrogen and oxygen atoms in total. The highest BCUT2D eigenvalue weighted by atomic mass is 79.9. The Labute approximate surface area is 178 Å². The standard InChI is InChI=1S/C20H22BrN3O3S/c1-13(2)11-12-27-15-9-7-14(8-10-15)18(25)22-20(28)24-23-19(26)16-5-3-4-6-17(16)21/h3-10,13H,11-12H2,1-2H3,(H,23,26)(H2,22,24,25,28). The Morgan fingerprint density at radius 3 is 2.36 bits per heavy atom. The van der Waals surface area contributed by atoms with Gasteiger partial charge < -0.3 is 4.74 Å². The molecular formula is C20H22BrN3O3S. The summed E-state index contributed by atoms with van der Waals surface area (Å²) in [5.74, 6) is 0.508. The van der Waals surface area contributed by atoms with Gasteiger partial charge in [0.05, 0.1) is 12.2 Å². The van der Waals surface area contributed by atoms with Crippen LogP contribution in [0.1, 0.15) is 41.0 Å². The van der Waals surface area contributed by atoms with Crippen LogP contribution in [0.3, 0.4) is 0 Å². The number of carbonyl (C=O) groups excluding carboxylic acids is 2. The normalized spacial score (nSPS) is 10.3. The van der Waals surface area contributed by atoms with E-state index in [0.29, 0.717) is 33.9 Å². The third-order valence-corrected chi connectivity index (χ3v) is 4.61. The third kappa shape index (κ3) is 6.94. The summed E-state index contributed by atoms with van der Waals surface area (Å²) < 4.78 is 6.28. The molecule has 0 fully saturated rings. The number of halogens is 1. The van der Waals surface area contributed by atoms with E-state index in [1.54, 1.807) is 48.5 Å². The minimum atomic E-state index is -0.388. The maximum atomic E-state index is 12.2. The smallest absolute Gasteiger partial charge is 0.270 e. The molecule has 0 heterocycles. The van der Waals surface area contributed by atoms with Crippen molar-refractivity contribution in [2.75, 3.05) is 6.61 Å². The van der Waals surface area contributed by atoms with Crippen molar-refractivity contribution in [2.45, 2.75) is 20.3 Å². The van der Waals surface area contributed by atoms with E-state index in [2.05, 4.69) is 45.9 Å². The molecule has 0 aliphatic carbocycles. The van der Waals surface area contributed by atoms with Crippen molar-refractivity contribution < 1.29 is 14.3 Å². The van der Waals surface area contributed by atoms with Crippen molar-refractivity contribution in [2.24, 2.45) is 5.92 Å². The SMILES string of the molecule is CC(C)CCOc1ccc(C(=O)NC(=S)NNC(=O)c2ccccc2Br)cc1. The van der Waals surface area contributed by atoms with Crippen molar-refractivity contribution in [3.05, 3.63) is 64.1 Å². The Bertz CT molecular complexity index is 841. The van der Waals surface area contributed by atoms with Crippen LogP contribution in [0, 0.1) is 5.92 Å². The number of rotatable bonds is 6. The van der Waals surface area contributed by atoms with Crippen LogP contribution < -0.4 is 20.9 Å². The molecule has 2 aromatic rings. The van der Waals surface area contributed by atoms with Crippen molar-refractivity contribution >= 4 is 45.1 Å². The van der Waals surface area contributed by atoms with Crippen molar-refractivity contribution in [3.63, 3.8) is 0 Å². The predicted molar refractivity (Wildman–Crippen MR) is 116 cm³/mol. The molecular weight excluding hydrogens is 442 g/mol. The Hall–Kier alpha value is -2.45. The lowest BCUT2D eigenvalue weighted by Gasteiger charge is -2.12. The van der Waals surface area contributed by atoms with Gasteiger partial charge >= 0.3 is 0 Å². The first-order valence-corrected chi connectivity index (χ1v) is 9.96. The number of hydrazine groups is 1. The van der Waals surface area contributed by atoms with Gasteiger partial charge in [0.1, 0.15) is 5.75 Å². The lowest BCUT2D eigenvalue weighted by molar-refractivity contribution is 0.0934. The average Bonchev–Trinajstić information content (AvgIpc) is 2.66. The first-order valence-electron chi connectivity index (χ1n) is 8.76. The van der Waals surface area contributed by atoms with E-state index >= 15 is 0 Å². The molecule has 8 heteroatoms. The van der Waals surface area contributed by atoms with E-state index in [0.717, 1.165) is 6.42 Å². The molecule has 148 valence electrons. The van der Waals surface area contributed by atoms with Crippen LogP contribution in [0.25, 0.3) is 0 Å². The highest BCUT2D eigenvalue weighted by Gasteiger charge is 2.11. The zero-order chi connectivity index (χ0) is 20.5. The van der Waals surface area contributed by atoms with E-state index in [4.69, 9.17) is 17.0 Å². The van der Waals surface area contributed by atoms with Gasteiger partial charge in [-0.05, 0) is 76.9 Å². The molecule has 0 unspecified atom stereocenters. The summed E-state index contributed by atoms with van der Waals surface area (Å²) >= 11 is 8.35. The van der Waals surface area contributed by atoms with Crippen LogP contribution in [0.4, 0.5) is 0 Å². The van der Waals surface area contributed by atoms with Crippen LogP contribution in [0.5, 0.6) is 5.75 Å². The molecule has 0 radical (unpaired) electrons. The second-order valence-electron chi connectivity index (χ2n) is 6.40. The van der Waals surface area contributed by atoms with Crippen LogP contribution in [-0.4, -0.2) is 23.5 Å². The predicted octanol–water partition coefficient (Wildman–Crippen LogP) is 3.82. The van der Waals surface area contributed by atoms with Crippen molar-refractivity contribution in [3.8, 4) is 5.75 Å². The molecule has 0 aliphatic rings.